The number of ether oxygens (including phenoxy) is 1. The van der Waals surface area contributed by atoms with Crippen molar-refractivity contribution in [2.24, 2.45) is 0 Å². The van der Waals surface area contributed by atoms with Crippen LogP contribution in [0.1, 0.15) is 13.8 Å². The number of pyridine rings is 1. The summed E-state index contributed by atoms with van der Waals surface area (Å²) >= 11 is 0. The van der Waals surface area contributed by atoms with Crippen LogP contribution in [-0.2, 0) is 9.53 Å². The number of benzene rings is 1. The number of fused-ring (bicyclic) bond motifs is 1. The maximum absolute atomic E-state index is 11.5. The molecule has 4 heteroatoms. The number of hydrogen-bond donors (Lipinski definition) is 1. The number of esters is 1. The Morgan fingerprint density at radius 1 is 1.33 bits per heavy atom. The molecule has 0 unspecified atom stereocenters. The molecule has 0 saturated carbocycles. The highest BCUT2D eigenvalue weighted by Gasteiger charge is 2.13. The molecule has 1 atom stereocenters. The summed E-state index contributed by atoms with van der Waals surface area (Å²) < 4.78 is 4.93. The van der Waals surface area contributed by atoms with Gasteiger partial charge in [-0.05, 0) is 32.0 Å². The van der Waals surface area contributed by atoms with E-state index < -0.39 is 6.04 Å². The van der Waals surface area contributed by atoms with Gasteiger partial charge in [0, 0.05) is 5.39 Å². The van der Waals surface area contributed by atoms with Crippen molar-refractivity contribution in [1.82, 2.24) is 4.98 Å². The van der Waals surface area contributed by atoms with Crippen molar-refractivity contribution >= 4 is 22.7 Å². The standard InChI is InChI=1S/C14H16N2O2/c1-3-18-14(17)10(2)15-13-9-8-11-6-4-5-7-12(11)16-13/h4-10H,3H2,1-2H3,(H,15,16)/t10-/m0/s1. The zero-order chi connectivity index (χ0) is 13.0. The van der Waals surface area contributed by atoms with Gasteiger partial charge in [-0.15, -0.1) is 0 Å². The average Bonchev–Trinajstić information content (AvgIpc) is 2.39. The minimum atomic E-state index is -0.404. The number of hydrogen-bond acceptors (Lipinski definition) is 4. The van der Waals surface area contributed by atoms with E-state index in [0.29, 0.717) is 12.4 Å². The van der Waals surface area contributed by atoms with Crippen LogP contribution in [0.2, 0.25) is 0 Å². The van der Waals surface area contributed by atoms with Gasteiger partial charge in [0.05, 0.1) is 12.1 Å². The van der Waals surface area contributed by atoms with Crippen molar-refractivity contribution < 1.29 is 9.53 Å². The molecule has 18 heavy (non-hydrogen) atoms. The zero-order valence-corrected chi connectivity index (χ0v) is 10.5. The Hall–Kier alpha value is -2.10. The number of carbonyl (C=O) groups is 1. The second-order valence-corrected chi connectivity index (χ2v) is 4.01. The second-order valence-electron chi connectivity index (χ2n) is 4.01. The molecule has 4 nitrogen and oxygen atoms in total. The summed E-state index contributed by atoms with van der Waals surface area (Å²) in [4.78, 5) is 15.9. The predicted octanol–water partition coefficient (Wildman–Crippen LogP) is 2.60. The Kier molecular flexibility index (Phi) is 3.77. The average molecular weight is 244 g/mol. The van der Waals surface area contributed by atoms with E-state index in [2.05, 4.69) is 10.3 Å². The van der Waals surface area contributed by atoms with Gasteiger partial charge in [0.1, 0.15) is 11.9 Å². The van der Waals surface area contributed by atoms with Crippen LogP contribution < -0.4 is 5.32 Å². The lowest BCUT2D eigenvalue weighted by Gasteiger charge is -2.13. The quantitative estimate of drug-likeness (QED) is 0.840. The highest BCUT2D eigenvalue weighted by molar-refractivity contribution is 5.82. The molecule has 2 aromatic rings. The van der Waals surface area contributed by atoms with Crippen molar-refractivity contribution in [3.05, 3.63) is 36.4 Å². The first-order valence-corrected chi connectivity index (χ1v) is 5.99. The maximum Gasteiger partial charge on any atom is 0.328 e. The van der Waals surface area contributed by atoms with E-state index in [0.717, 1.165) is 10.9 Å². The molecule has 0 spiro atoms. The number of carbonyl (C=O) groups excluding carboxylic acids is 1. The van der Waals surface area contributed by atoms with E-state index in [-0.39, 0.29) is 5.97 Å². The molecular weight excluding hydrogens is 228 g/mol. The van der Waals surface area contributed by atoms with Crippen LogP contribution in [0.4, 0.5) is 5.82 Å². The molecule has 2 rings (SSSR count). The van der Waals surface area contributed by atoms with Crippen LogP contribution in [-0.4, -0.2) is 23.6 Å². The summed E-state index contributed by atoms with van der Waals surface area (Å²) in [7, 11) is 0. The van der Waals surface area contributed by atoms with Gasteiger partial charge in [-0.25, -0.2) is 9.78 Å². The Labute approximate surface area is 106 Å². The minimum Gasteiger partial charge on any atom is -0.464 e. The normalized spacial score (nSPS) is 12.1. The molecule has 0 saturated heterocycles. The van der Waals surface area contributed by atoms with Crippen LogP contribution in [0.25, 0.3) is 10.9 Å². The SMILES string of the molecule is CCOC(=O)[C@H](C)Nc1ccc2ccccc2n1. The van der Waals surface area contributed by atoms with Gasteiger partial charge in [0.15, 0.2) is 0 Å². The van der Waals surface area contributed by atoms with Crippen LogP contribution in [0.5, 0.6) is 0 Å². The maximum atomic E-state index is 11.5. The fourth-order valence-electron chi connectivity index (χ4n) is 1.69. The highest BCUT2D eigenvalue weighted by atomic mass is 16.5. The first kappa shape index (κ1) is 12.4. The molecular formula is C14H16N2O2. The first-order valence-electron chi connectivity index (χ1n) is 5.99. The van der Waals surface area contributed by atoms with Crippen molar-refractivity contribution in [3.8, 4) is 0 Å². The van der Waals surface area contributed by atoms with Gasteiger partial charge in [-0.3, -0.25) is 0 Å². The molecule has 0 radical (unpaired) electrons. The van der Waals surface area contributed by atoms with E-state index in [1.54, 1.807) is 13.8 Å². The Bertz CT molecular complexity index is 554. The van der Waals surface area contributed by atoms with E-state index >= 15 is 0 Å². The van der Waals surface area contributed by atoms with Crippen molar-refractivity contribution in [2.75, 3.05) is 11.9 Å². The third-order valence-electron chi connectivity index (χ3n) is 2.60. The monoisotopic (exact) mass is 244 g/mol. The van der Waals surface area contributed by atoms with E-state index in [4.69, 9.17) is 4.74 Å². The predicted molar refractivity (Wildman–Crippen MR) is 71.5 cm³/mol. The molecule has 0 amide bonds. The molecule has 94 valence electrons. The lowest BCUT2D eigenvalue weighted by Crippen LogP contribution is -2.28. The zero-order valence-electron chi connectivity index (χ0n) is 10.5. The van der Waals surface area contributed by atoms with Gasteiger partial charge in [-0.2, -0.15) is 0 Å². The van der Waals surface area contributed by atoms with Crippen LogP contribution in [0.15, 0.2) is 36.4 Å². The van der Waals surface area contributed by atoms with Crippen molar-refractivity contribution in [3.63, 3.8) is 0 Å². The minimum absolute atomic E-state index is 0.271. The number of aromatic nitrogens is 1. The second kappa shape index (κ2) is 5.49. The lowest BCUT2D eigenvalue weighted by molar-refractivity contribution is -0.143. The van der Waals surface area contributed by atoms with Gasteiger partial charge in [-0.1, -0.05) is 18.2 Å². The van der Waals surface area contributed by atoms with Crippen molar-refractivity contribution in [2.45, 2.75) is 19.9 Å². The van der Waals surface area contributed by atoms with Gasteiger partial charge in [0.2, 0.25) is 0 Å². The molecule has 0 aliphatic heterocycles. The van der Waals surface area contributed by atoms with Crippen molar-refractivity contribution in [1.29, 1.82) is 0 Å². The molecule has 1 aromatic carbocycles. The lowest BCUT2D eigenvalue weighted by atomic mass is 10.2. The molecule has 0 aliphatic rings. The van der Waals surface area contributed by atoms with E-state index in [1.165, 1.54) is 0 Å². The van der Waals surface area contributed by atoms with Crippen LogP contribution in [0, 0.1) is 0 Å². The number of rotatable bonds is 4. The van der Waals surface area contributed by atoms with Gasteiger partial charge < -0.3 is 10.1 Å². The smallest absolute Gasteiger partial charge is 0.328 e. The molecule has 0 aliphatic carbocycles. The van der Waals surface area contributed by atoms with E-state index in [9.17, 15) is 4.79 Å². The third kappa shape index (κ3) is 2.77. The Morgan fingerprint density at radius 3 is 2.89 bits per heavy atom. The molecule has 1 aromatic heterocycles. The number of nitrogens with zero attached hydrogens (tertiary/aromatic N) is 1. The fourth-order valence-corrected chi connectivity index (χ4v) is 1.69. The third-order valence-corrected chi connectivity index (χ3v) is 2.60. The van der Waals surface area contributed by atoms with Gasteiger partial charge in [0.25, 0.3) is 0 Å². The van der Waals surface area contributed by atoms with E-state index in [1.807, 2.05) is 36.4 Å². The first-order chi connectivity index (χ1) is 8.70. The molecule has 1 heterocycles. The van der Waals surface area contributed by atoms with Crippen LogP contribution in [0.3, 0.4) is 0 Å². The Balaban J connectivity index is 2.14. The molecule has 1 N–H and O–H groups in total. The summed E-state index contributed by atoms with van der Waals surface area (Å²) in [6, 6.07) is 11.3. The summed E-state index contributed by atoms with van der Waals surface area (Å²) in [5, 5.41) is 4.11. The van der Waals surface area contributed by atoms with Gasteiger partial charge >= 0.3 is 5.97 Å². The summed E-state index contributed by atoms with van der Waals surface area (Å²) in [6.45, 7) is 3.93. The Morgan fingerprint density at radius 2 is 2.11 bits per heavy atom. The largest absolute Gasteiger partial charge is 0.464 e. The summed E-state index contributed by atoms with van der Waals surface area (Å²) in [5.41, 5.74) is 0.901. The number of anilines is 1. The number of nitrogens with one attached hydrogen (secondary N) is 1. The highest BCUT2D eigenvalue weighted by Crippen LogP contribution is 2.15. The fraction of sp³-hybridized carbons (Fsp3) is 0.286. The molecule has 0 fully saturated rings. The molecule has 0 bridgehead atoms. The van der Waals surface area contributed by atoms with Crippen LogP contribution >= 0.6 is 0 Å². The topological polar surface area (TPSA) is 51.2 Å². The summed E-state index contributed by atoms with van der Waals surface area (Å²) in [5.74, 6) is 0.404. The number of para-hydroxylation sites is 1. The summed E-state index contributed by atoms with van der Waals surface area (Å²) in [6.07, 6.45) is 0.